The summed E-state index contributed by atoms with van der Waals surface area (Å²) in [6.07, 6.45) is 14.8. The van der Waals surface area contributed by atoms with Crippen LogP contribution in [0.2, 0.25) is 0 Å². The monoisotopic (exact) mass is 390 g/mol. The molecule has 1 nitrogen and oxygen atoms in total. The Morgan fingerprint density at radius 3 is 2.38 bits per heavy atom. The molecule has 0 spiro atoms. The zero-order valence-corrected chi connectivity index (χ0v) is 18.5. The quantitative estimate of drug-likeness (QED) is 0.374. The summed E-state index contributed by atoms with van der Waals surface area (Å²) in [6.45, 7) is 6.10. The highest BCUT2D eigenvalue weighted by Crippen LogP contribution is 2.39. The topological polar surface area (TPSA) is 9.23 Å². The zero-order chi connectivity index (χ0) is 20.5. The largest absolute Gasteiger partial charge is 0.496 e. The average Bonchev–Trinajstić information content (AvgIpc) is 2.78. The van der Waals surface area contributed by atoms with Crippen LogP contribution in [0.5, 0.6) is 5.75 Å². The van der Waals surface area contributed by atoms with Gasteiger partial charge in [-0.2, -0.15) is 0 Å². The minimum atomic E-state index is 0.731. The summed E-state index contributed by atoms with van der Waals surface area (Å²) in [7, 11) is 1.80. The number of hydrogen-bond acceptors (Lipinski definition) is 1. The van der Waals surface area contributed by atoms with Crippen LogP contribution < -0.4 is 4.74 Å². The third kappa shape index (κ3) is 6.23. The van der Waals surface area contributed by atoms with Crippen LogP contribution in [-0.2, 0) is 12.8 Å². The van der Waals surface area contributed by atoms with E-state index in [1.54, 1.807) is 7.11 Å². The first-order chi connectivity index (χ1) is 14.2. The molecule has 0 aromatic heterocycles. The van der Waals surface area contributed by atoms with Gasteiger partial charge in [0.1, 0.15) is 5.75 Å². The Morgan fingerprint density at radius 1 is 0.966 bits per heavy atom. The lowest BCUT2D eigenvalue weighted by atomic mass is 9.76. The maximum absolute atomic E-state index is 5.62. The van der Waals surface area contributed by atoms with Gasteiger partial charge in [0.2, 0.25) is 0 Å². The first-order valence-corrected chi connectivity index (χ1v) is 11.6. The number of rotatable bonds is 10. The molecule has 0 heterocycles. The molecule has 3 rings (SSSR count). The molecular formula is C28H38O. The van der Waals surface area contributed by atoms with Gasteiger partial charge in [-0.1, -0.05) is 68.8 Å². The van der Waals surface area contributed by atoms with Crippen molar-refractivity contribution in [3.05, 3.63) is 71.3 Å². The van der Waals surface area contributed by atoms with Crippen LogP contribution in [0.3, 0.4) is 0 Å². The Kier molecular flexibility index (Phi) is 8.40. The van der Waals surface area contributed by atoms with Crippen molar-refractivity contribution >= 4 is 6.08 Å². The summed E-state index contributed by atoms with van der Waals surface area (Å²) in [4.78, 5) is 0. The number of hydrogen-bond donors (Lipinski definition) is 0. The zero-order valence-electron chi connectivity index (χ0n) is 18.5. The molecule has 0 unspecified atom stereocenters. The van der Waals surface area contributed by atoms with Crippen LogP contribution in [0.15, 0.2) is 49.0 Å². The van der Waals surface area contributed by atoms with Crippen LogP contribution in [0.25, 0.3) is 6.08 Å². The molecule has 29 heavy (non-hydrogen) atoms. The molecule has 2 aromatic rings. The fourth-order valence-electron chi connectivity index (χ4n) is 4.79. The molecule has 1 aliphatic carbocycles. The number of methoxy groups -OCH3 is 1. The maximum atomic E-state index is 5.62. The molecule has 1 fully saturated rings. The van der Waals surface area contributed by atoms with Gasteiger partial charge in [-0.15, -0.1) is 0 Å². The van der Waals surface area contributed by atoms with Crippen LogP contribution in [0, 0.1) is 5.92 Å². The van der Waals surface area contributed by atoms with E-state index in [-0.39, 0.29) is 0 Å². The van der Waals surface area contributed by atoms with Gasteiger partial charge in [-0.25, -0.2) is 0 Å². The van der Waals surface area contributed by atoms with Gasteiger partial charge in [-0.3, -0.25) is 0 Å². The summed E-state index contributed by atoms with van der Waals surface area (Å²) in [5.74, 6) is 2.68. The van der Waals surface area contributed by atoms with Crippen molar-refractivity contribution in [3.8, 4) is 5.75 Å². The van der Waals surface area contributed by atoms with Gasteiger partial charge in [0.05, 0.1) is 7.11 Å². The molecule has 1 aliphatic rings. The van der Waals surface area contributed by atoms with Crippen LogP contribution in [-0.4, -0.2) is 7.11 Å². The van der Waals surface area contributed by atoms with Gasteiger partial charge >= 0.3 is 0 Å². The summed E-state index contributed by atoms with van der Waals surface area (Å²) in [6, 6.07) is 15.9. The molecule has 1 heteroatoms. The fraction of sp³-hybridized carbons (Fsp3) is 0.500. The SMILES string of the molecule is C=Cc1ccc(CCC2CCC(c3ccc(OC)c(CCCCC)c3)CC2)cc1. The third-order valence-electron chi connectivity index (χ3n) is 6.73. The number of ether oxygens (including phenoxy) is 1. The smallest absolute Gasteiger partial charge is 0.122 e. The van der Waals surface area contributed by atoms with Crippen molar-refractivity contribution in [3.63, 3.8) is 0 Å². The molecule has 0 aliphatic heterocycles. The Labute approximate surface area is 178 Å². The van der Waals surface area contributed by atoms with Crippen LogP contribution in [0.4, 0.5) is 0 Å². The lowest BCUT2D eigenvalue weighted by molar-refractivity contribution is 0.310. The van der Waals surface area contributed by atoms with Gasteiger partial charge in [0.25, 0.3) is 0 Å². The van der Waals surface area contributed by atoms with Gasteiger partial charge < -0.3 is 4.74 Å². The second kappa shape index (κ2) is 11.2. The lowest BCUT2D eigenvalue weighted by Crippen LogP contribution is -2.14. The van der Waals surface area contributed by atoms with E-state index in [1.807, 2.05) is 6.08 Å². The molecular weight excluding hydrogens is 352 g/mol. The van der Waals surface area contributed by atoms with Crippen molar-refractivity contribution < 1.29 is 4.74 Å². The first-order valence-electron chi connectivity index (χ1n) is 11.6. The van der Waals surface area contributed by atoms with Crippen molar-refractivity contribution in [1.82, 2.24) is 0 Å². The van der Waals surface area contributed by atoms with Crippen molar-refractivity contribution in [2.75, 3.05) is 7.11 Å². The standard InChI is InChI=1S/C28H38O/c1-4-6-7-8-27-21-26(19-20-28(27)29-3)25-17-15-24(16-18-25)14-13-23-11-9-22(5-2)10-12-23/h5,9-12,19-21,24-25H,2,4,6-8,13-18H2,1,3H3. The van der Waals surface area contributed by atoms with Crippen molar-refractivity contribution in [1.29, 1.82) is 0 Å². The molecule has 1 saturated carbocycles. The van der Waals surface area contributed by atoms with E-state index in [4.69, 9.17) is 4.74 Å². The first kappa shape index (κ1) is 21.7. The lowest BCUT2D eigenvalue weighted by Gasteiger charge is -2.29. The van der Waals surface area contributed by atoms with E-state index < -0.39 is 0 Å². The fourth-order valence-corrected chi connectivity index (χ4v) is 4.79. The van der Waals surface area contributed by atoms with Gasteiger partial charge in [0.15, 0.2) is 0 Å². The molecule has 0 radical (unpaired) electrons. The predicted octanol–water partition coefficient (Wildman–Crippen LogP) is 7.98. The van der Waals surface area contributed by atoms with Gasteiger partial charge in [-0.05, 0) is 91.5 Å². The summed E-state index contributed by atoms with van der Waals surface area (Å²) in [5.41, 5.74) is 5.62. The van der Waals surface area contributed by atoms with E-state index in [9.17, 15) is 0 Å². The van der Waals surface area contributed by atoms with E-state index in [0.29, 0.717) is 0 Å². The van der Waals surface area contributed by atoms with Crippen LogP contribution >= 0.6 is 0 Å². The highest BCUT2D eigenvalue weighted by Gasteiger charge is 2.23. The Morgan fingerprint density at radius 2 is 1.72 bits per heavy atom. The summed E-state index contributed by atoms with van der Waals surface area (Å²) < 4.78 is 5.62. The second-order valence-corrected chi connectivity index (χ2v) is 8.73. The highest BCUT2D eigenvalue weighted by atomic mass is 16.5. The Bertz CT molecular complexity index is 750. The summed E-state index contributed by atoms with van der Waals surface area (Å²) >= 11 is 0. The molecule has 0 bridgehead atoms. The van der Waals surface area contributed by atoms with E-state index in [1.165, 1.54) is 80.0 Å². The minimum Gasteiger partial charge on any atom is -0.496 e. The second-order valence-electron chi connectivity index (χ2n) is 8.73. The maximum Gasteiger partial charge on any atom is 0.122 e. The van der Waals surface area contributed by atoms with Crippen molar-refractivity contribution in [2.45, 2.75) is 77.0 Å². The average molecular weight is 391 g/mol. The van der Waals surface area contributed by atoms with E-state index in [2.05, 4.69) is 56.0 Å². The highest BCUT2D eigenvalue weighted by molar-refractivity contribution is 5.47. The normalized spacial score (nSPS) is 19.1. The minimum absolute atomic E-state index is 0.731. The molecule has 2 aromatic carbocycles. The molecule has 0 amide bonds. The molecule has 0 atom stereocenters. The predicted molar refractivity (Wildman–Crippen MR) is 126 cm³/mol. The third-order valence-corrected chi connectivity index (χ3v) is 6.73. The Hall–Kier alpha value is -2.02. The molecule has 0 N–H and O–H groups in total. The molecule has 0 saturated heterocycles. The van der Waals surface area contributed by atoms with E-state index >= 15 is 0 Å². The summed E-state index contributed by atoms with van der Waals surface area (Å²) in [5, 5.41) is 0. The number of aryl methyl sites for hydroxylation is 2. The number of benzene rings is 2. The van der Waals surface area contributed by atoms with E-state index in [0.717, 1.165) is 24.0 Å². The van der Waals surface area contributed by atoms with Crippen molar-refractivity contribution in [2.24, 2.45) is 5.92 Å². The Balaban J connectivity index is 1.51. The number of unbranched alkanes of at least 4 members (excludes halogenated alkanes) is 2. The molecule has 156 valence electrons. The van der Waals surface area contributed by atoms with Crippen LogP contribution in [0.1, 0.15) is 86.5 Å². The van der Waals surface area contributed by atoms with Gasteiger partial charge in [0, 0.05) is 0 Å².